The zero-order chi connectivity index (χ0) is 15.4. The molecule has 2 N–H and O–H groups in total. The van der Waals surface area contributed by atoms with Crippen LogP contribution in [0.2, 0.25) is 0 Å². The Labute approximate surface area is 156 Å². The van der Waals surface area contributed by atoms with Crippen LogP contribution in [-0.4, -0.2) is 23.0 Å². The normalized spacial score (nSPS) is 10.0. The van der Waals surface area contributed by atoms with Gasteiger partial charge in [-0.3, -0.25) is 4.99 Å². The molecule has 0 aliphatic heterocycles. The van der Waals surface area contributed by atoms with Gasteiger partial charge in [-0.05, 0) is 27.7 Å². The van der Waals surface area contributed by atoms with E-state index in [2.05, 4.69) is 39.4 Å². The number of guanidine groups is 1. The number of aliphatic imine (C=N–C) groups is 1. The van der Waals surface area contributed by atoms with E-state index in [1.807, 2.05) is 13.8 Å². The van der Waals surface area contributed by atoms with Crippen molar-refractivity contribution < 1.29 is 0 Å². The fourth-order valence-corrected chi connectivity index (χ4v) is 3.52. The number of thiazole rings is 2. The molecule has 0 unspecified atom stereocenters. The van der Waals surface area contributed by atoms with Crippen molar-refractivity contribution in [2.24, 2.45) is 4.99 Å². The lowest BCUT2D eigenvalue weighted by molar-refractivity contribution is 0.798. The molecule has 0 spiro atoms. The Hall–Kier alpha value is -0.740. The molecule has 0 aliphatic carbocycles. The van der Waals surface area contributed by atoms with Gasteiger partial charge in [0.1, 0.15) is 10.0 Å². The number of nitrogens with one attached hydrogen (secondary N) is 2. The Kier molecular flexibility index (Phi) is 7.70. The Morgan fingerprint density at radius 2 is 1.32 bits per heavy atom. The number of hydrogen-bond donors (Lipinski definition) is 2. The van der Waals surface area contributed by atoms with Gasteiger partial charge in [-0.2, -0.15) is 0 Å². The first-order chi connectivity index (χ1) is 9.99. The highest BCUT2D eigenvalue weighted by Crippen LogP contribution is 2.17. The highest BCUT2D eigenvalue weighted by Gasteiger charge is 2.07. The standard InChI is InChI=1S/C14H21N5S2.HI/c1-8-10(3)20-12(18-8)6-16-14(15-5)17-7-13-19-9(2)11(4)21-13;/h6-7H2,1-5H3,(H2,15,16,17);1H. The largest absolute Gasteiger partial charge is 0.350 e. The van der Waals surface area contributed by atoms with Crippen LogP contribution in [0.25, 0.3) is 0 Å². The van der Waals surface area contributed by atoms with Gasteiger partial charge < -0.3 is 10.6 Å². The predicted molar refractivity (Wildman–Crippen MR) is 106 cm³/mol. The lowest BCUT2D eigenvalue weighted by atomic mass is 10.4. The topological polar surface area (TPSA) is 62.2 Å². The van der Waals surface area contributed by atoms with Gasteiger partial charge >= 0.3 is 0 Å². The summed E-state index contributed by atoms with van der Waals surface area (Å²) < 4.78 is 0. The molecule has 122 valence electrons. The molecule has 0 bridgehead atoms. The lowest BCUT2D eigenvalue weighted by Gasteiger charge is -2.09. The van der Waals surface area contributed by atoms with E-state index in [-0.39, 0.29) is 24.0 Å². The van der Waals surface area contributed by atoms with Gasteiger partial charge in [-0.25, -0.2) is 9.97 Å². The van der Waals surface area contributed by atoms with Crippen molar-refractivity contribution in [2.45, 2.75) is 40.8 Å². The molecule has 8 heteroatoms. The van der Waals surface area contributed by atoms with Gasteiger partial charge in [-0.1, -0.05) is 0 Å². The van der Waals surface area contributed by atoms with Crippen LogP contribution in [0, 0.1) is 27.7 Å². The smallest absolute Gasteiger partial charge is 0.191 e. The van der Waals surface area contributed by atoms with Crippen molar-refractivity contribution in [1.82, 2.24) is 20.6 Å². The highest BCUT2D eigenvalue weighted by atomic mass is 127. The van der Waals surface area contributed by atoms with Crippen LogP contribution in [0.3, 0.4) is 0 Å². The molecule has 5 nitrogen and oxygen atoms in total. The third-order valence-electron chi connectivity index (χ3n) is 3.18. The van der Waals surface area contributed by atoms with E-state index in [4.69, 9.17) is 0 Å². The number of aryl methyl sites for hydroxylation is 4. The second-order valence-corrected chi connectivity index (χ2v) is 7.35. The van der Waals surface area contributed by atoms with Gasteiger partial charge in [0.05, 0.1) is 24.5 Å². The first kappa shape index (κ1) is 19.3. The fraction of sp³-hybridized carbons (Fsp3) is 0.500. The Morgan fingerprint density at radius 3 is 1.59 bits per heavy atom. The summed E-state index contributed by atoms with van der Waals surface area (Å²) in [6, 6.07) is 0. The van der Waals surface area contributed by atoms with Gasteiger partial charge in [0.2, 0.25) is 0 Å². The predicted octanol–water partition coefficient (Wildman–Crippen LogP) is 3.32. The molecule has 0 aliphatic rings. The van der Waals surface area contributed by atoms with E-state index in [1.54, 1.807) is 29.7 Å². The molecule has 2 aromatic rings. The van der Waals surface area contributed by atoms with E-state index in [0.717, 1.165) is 27.4 Å². The quantitative estimate of drug-likeness (QED) is 0.426. The summed E-state index contributed by atoms with van der Waals surface area (Å²) in [5.41, 5.74) is 2.21. The van der Waals surface area contributed by atoms with Crippen LogP contribution in [-0.2, 0) is 13.1 Å². The van der Waals surface area contributed by atoms with Crippen LogP contribution >= 0.6 is 46.7 Å². The molecular formula is C14H22IN5S2. The van der Waals surface area contributed by atoms with Gasteiger partial charge in [-0.15, -0.1) is 46.7 Å². The van der Waals surface area contributed by atoms with Crippen LogP contribution < -0.4 is 10.6 Å². The summed E-state index contributed by atoms with van der Waals surface area (Å²) >= 11 is 3.44. The van der Waals surface area contributed by atoms with Gasteiger partial charge in [0.15, 0.2) is 5.96 Å². The SMILES string of the molecule is CN=C(NCc1nc(C)c(C)s1)NCc1nc(C)c(C)s1.I. The molecule has 2 heterocycles. The second kappa shape index (κ2) is 8.78. The van der Waals surface area contributed by atoms with Crippen LogP contribution in [0.1, 0.15) is 31.2 Å². The number of aromatic nitrogens is 2. The van der Waals surface area contributed by atoms with E-state index in [0.29, 0.717) is 13.1 Å². The second-order valence-electron chi connectivity index (χ2n) is 4.78. The molecule has 0 saturated heterocycles. The van der Waals surface area contributed by atoms with Crippen molar-refractivity contribution in [3.05, 3.63) is 31.2 Å². The average Bonchev–Trinajstić information content (AvgIpc) is 2.93. The number of halogens is 1. The van der Waals surface area contributed by atoms with Gasteiger partial charge in [0, 0.05) is 16.8 Å². The minimum Gasteiger partial charge on any atom is -0.350 e. The molecule has 0 radical (unpaired) electrons. The number of nitrogens with zero attached hydrogens (tertiary/aromatic N) is 3. The number of rotatable bonds is 4. The third-order valence-corrected chi connectivity index (χ3v) is 5.33. The summed E-state index contributed by atoms with van der Waals surface area (Å²) in [6.07, 6.45) is 0. The molecule has 0 amide bonds. The summed E-state index contributed by atoms with van der Waals surface area (Å²) in [5.74, 6) is 0.769. The summed E-state index contributed by atoms with van der Waals surface area (Å²) in [6.45, 7) is 9.64. The maximum atomic E-state index is 4.51. The Balaban J connectivity index is 0.00000242. The Morgan fingerprint density at radius 1 is 0.909 bits per heavy atom. The summed E-state index contributed by atoms with van der Waals surface area (Å²) in [5, 5.41) is 8.72. The molecule has 22 heavy (non-hydrogen) atoms. The molecule has 0 aromatic carbocycles. The van der Waals surface area contributed by atoms with Crippen LogP contribution in [0.4, 0.5) is 0 Å². The van der Waals surface area contributed by atoms with E-state index in [1.165, 1.54) is 9.75 Å². The van der Waals surface area contributed by atoms with Crippen molar-refractivity contribution in [1.29, 1.82) is 0 Å². The highest BCUT2D eigenvalue weighted by molar-refractivity contribution is 14.0. The first-order valence-corrected chi connectivity index (χ1v) is 8.43. The van der Waals surface area contributed by atoms with Crippen molar-refractivity contribution in [3.8, 4) is 0 Å². The third kappa shape index (κ3) is 5.17. The minimum absolute atomic E-state index is 0. The Bertz CT molecular complexity index is 556. The lowest BCUT2D eigenvalue weighted by Crippen LogP contribution is -2.36. The zero-order valence-corrected chi connectivity index (χ0v) is 17.4. The number of hydrogen-bond acceptors (Lipinski definition) is 5. The molecule has 0 atom stereocenters. The minimum atomic E-state index is 0. The van der Waals surface area contributed by atoms with Crippen molar-refractivity contribution >= 4 is 52.6 Å². The fourth-order valence-electron chi connectivity index (χ4n) is 1.77. The van der Waals surface area contributed by atoms with Crippen LogP contribution in [0.15, 0.2) is 4.99 Å². The van der Waals surface area contributed by atoms with E-state index >= 15 is 0 Å². The average molecular weight is 451 g/mol. The van der Waals surface area contributed by atoms with E-state index in [9.17, 15) is 0 Å². The molecule has 2 aromatic heterocycles. The summed E-state index contributed by atoms with van der Waals surface area (Å²) in [7, 11) is 1.77. The summed E-state index contributed by atoms with van der Waals surface area (Å²) in [4.78, 5) is 15.8. The maximum absolute atomic E-state index is 4.51. The van der Waals surface area contributed by atoms with E-state index < -0.39 is 0 Å². The molecule has 0 saturated carbocycles. The molecular weight excluding hydrogens is 429 g/mol. The van der Waals surface area contributed by atoms with Gasteiger partial charge in [0.25, 0.3) is 0 Å². The maximum Gasteiger partial charge on any atom is 0.191 e. The van der Waals surface area contributed by atoms with Crippen LogP contribution in [0.5, 0.6) is 0 Å². The molecule has 0 fully saturated rings. The van der Waals surface area contributed by atoms with Crippen molar-refractivity contribution in [3.63, 3.8) is 0 Å². The monoisotopic (exact) mass is 451 g/mol. The van der Waals surface area contributed by atoms with Crippen molar-refractivity contribution in [2.75, 3.05) is 7.05 Å². The first-order valence-electron chi connectivity index (χ1n) is 6.80. The zero-order valence-electron chi connectivity index (χ0n) is 13.5. The molecule has 2 rings (SSSR count).